The minimum atomic E-state index is -0.685. The van der Waals surface area contributed by atoms with Crippen LogP contribution in [0.5, 0.6) is 0 Å². The molecule has 0 aromatic heterocycles. The van der Waals surface area contributed by atoms with E-state index < -0.39 is 10.5 Å². The van der Waals surface area contributed by atoms with Gasteiger partial charge < -0.3 is 10.0 Å². The molecule has 19 heavy (non-hydrogen) atoms. The van der Waals surface area contributed by atoms with Gasteiger partial charge in [-0.25, -0.2) is 0 Å². The lowest BCUT2D eigenvalue weighted by Gasteiger charge is -2.24. The van der Waals surface area contributed by atoms with Crippen LogP contribution in [0.4, 0.5) is 11.4 Å². The second-order valence-corrected chi connectivity index (χ2v) is 5.66. The predicted molar refractivity (Wildman–Crippen MR) is 74.8 cm³/mol. The van der Waals surface area contributed by atoms with E-state index in [9.17, 15) is 15.2 Å². The van der Waals surface area contributed by atoms with Gasteiger partial charge in [0.05, 0.1) is 10.5 Å². The number of hydrogen-bond acceptors (Lipinski definition) is 4. The summed E-state index contributed by atoms with van der Waals surface area (Å²) in [6, 6.07) is 4.72. The highest BCUT2D eigenvalue weighted by Crippen LogP contribution is 2.33. The van der Waals surface area contributed by atoms with Crippen molar-refractivity contribution in [1.82, 2.24) is 0 Å². The largest absolute Gasteiger partial charge is 0.390 e. The van der Waals surface area contributed by atoms with E-state index in [1.807, 2.05) is 11.8 Å². The molecule has 6 heteroatoms. The van der Waals surface area contributed by atoms with Crippen LogP contribution in [0.3, 0.4) is 0 Å². The Bertz CT molecular complexity index is 491. The average Bonchev–Trinajstić information content (AvgIpc) is 2.50. The molecule has 1 fully saturated rings. The molecule has 5 nitrogen and oxygen atoms in total. The van der Waals surface area contributed by atoms with Crippen molar-refractivity contribution in [3.05, 3.63) is 33.3 Å². The van der Waals surface area contributed by atoms with Gasteiger partial charge in [-0.3, -0.25) is 10.1 Å². The fourth-order valence-corrected chi connectivity index (χ4v) is 2.58. The normalized spacial score (nSPS) is 24.1. The molecule has 2 rings (SSSR count). The summed E-state index contributed by atoms with van der Waals surface area (Å²) in [4.78, 5) is 12.6. The summed E-state index contributed by atoms with van der Waals surface area (Å²) in [5.74, 6) is 0. The zero-order chi connectivity index (χ0) is 14.0. The fraction of sp³-hybridized carbons (Fsp3) is 0.538. The highest BCUT2D eigenvalue weighted by molar-refractivity contribution is 6.30. The molecule has 1 saturated heterocycles. The number of nitrogens with zero attached hydrogens (tertiary/aromatic N) is 2. The minimum Gasteiger partial charge on any atom is -0.390 e. The standard InChI is InChI=1S/C13H17ClN2O3/c1-13(17)5-2-7-15(8-6-13)11-4-3-10(14)9-12(11)16(18)19/h3-4,9,17H,2,5-8H2,1H3. The van der Waals surface area contributed by atoms with Crippen molar-refractivity contribution in [2.75, 3.05) is 18.0 Å². The van der Waals surface area contributed by atoms with Crippen LogP contribution in [0.2, 0.25) is 5.02 Å². The maximum atomic E-state index is 11.1. The van der Waals surface area contributed by atoms with E-state index in [1.165, 1.54) is 6.07 Å². The Morgan fingerprint density at radius 3 is 2.84 bits per heavy atom. The number of nitro groups is 1. The number of halogens is 1. The van der Waals surface area contributed by atoms with Crippen LogP contribution in [0, 0.1) is 10.1 Å². The van der Waals surface area contributed by atoms with Crippen molar-refractivity contribution in [2.24, 2.45) is 0 Å². The molecule has 0 spiro atoms. The molecule has 0 radical (unpaired) electrons. The molecule has 1 aliphatic rings. The smallest absolute Gasteiger partial charge is 0.294 e. The number of anilines is 1. The zero-order valence-corrected chi connectivity index (χ0v) is 11.6. The molecular weight excluding hydrogens is 268 g/mol. The number of nitro benzene ring substituents is 1. The van der Waals surface area contributed by atoms with E-state index >= 15 is 0 Å². The SMILES string of the molecule is CC1(O)CCCN(c2ccc(Cl)cc2[N+](=O)[O-])CC1. The van der Waals surface area contributed by atoms with Gasteiger partial charge in [0.2, 0.25) is 0 Å². The molecule has 0 amide bonds. The molecule has 0 aliphatic carbocycles. The monoisotopic (exact) mass is 284 g/mol. The van der Waals surface area contributed by atoms with Crippen LogP contribution in [-0.2, 0) is 0 Å². The Labute approximate surface area is 116 Å². The van der Waals surface area contributed by atoms with E-state index in [0.717, 1.165) is 6.42 Å². The van der Waals surface area contributed by atoms with E-state index in [4.69, 9.17) is 11.6 Å². The highest BCUT2D eigenvalue weighted by Gasteiger charge is 2.27. The topological polar surface area (TPSA) is 66.6 Å². The van der Waals surface area contributed by atoms with Crippen LogP contribution in [-0.4, -0.2) is 28.7 Å². The summed E-state index contributed by atoms with van der Waals surface area (Å²) in [6.45, 7) is 3.13. The van der Waals surface area contributed by atoms with Crippen molar-refractivity contribution in [1.29, 1.82) is 0 Å². The van der Waals surface area contributed by atoms with Gasteiger partial charge in [-0.1, -0.05) is 11.6 Å². The Morgan fingerprint density at radius 1 is 1.42 bits per heavy atom. The first-order chi connectivity index (χ1) is 8.89. The van der Waals surface area contributed by atoms with Crippen LogP contribution in [0.15, 0.2) is 18.2 Å². The van der Waals surface area contributed by atoms with E-state index in [-0.39, 0.29) is 5.69 Å². The second-order valence-electron chi connectivity index (χ2n) is 5.23. The van der Waals surface area contributed by atoms with Crippen molar-refractivity contribution >= 4 is 23.0 Å². The third-order valence-corrected chi connectivity index (χ3v) is 3.77. The summed E-state index contributed by atoms with van der Waals surface area (Å²) in [5.41, 5.74) is -0.0863. The van der Waals surface area contributed by atoms with Crippen molar-refractivity contribution in [3.63, 3.8) is 0 Å². The summed E-state index contributed by atoms with van der Waals surface area (Å²) in [5, 5.41) is 21.5. The fourth-order valence-electron chi connectivity index (χ4n) is 2.41. The Morgan fingerprint density at radius 2 is 2.16 bits per heavy atom. The molecule has 1 heterocycles. The molecule has 1 aromatic carbocycles. The molecule has 1 aromatic rings. The lowest BCUT2D eigenvalue weighted by atomic mass is 9.98. The van der Waals surface area contributed by atoms with Crippen molar-refractivity contribution in [3.8, 4) is 0 Å². The summed E-state index contributed by atoms with van der Waals surface area (Å²) < 4.78 is 0. The number of rotatable bonds is 2. The van der Waals surface area contributed by atoms with Gasteiger partial charge in [0.25, 0.3) is 5.69 Å². The molecular formula is C13H17ClN2O3. The van der Waals surface area contributed by atoms with Crippen LogP contribution in [0.1, 0.15) is 26.2 Å². The van der Waals surface area contributed by atoms with Gasteiger partial charge in [0, 0.05) is 24.2 Å². The third kappa shape index (κ3) is 3.36. The zero-order valence-electron chi connectivity index (χ0n) is 10.8. The van der Waals surface area contributed by atoms with Crippen molar-refractivity contribution in [2.45, 2.75) is 31.8 Å². The molecule has 1 N–H and O–H groups in total. The predicted octanol–water partition coefficient (Wildman–Crippen LogP) is 2.99. The van der Waals surface area contributed by atoms with E-state index in [1.54, 1.807) is 12.1 Å². The van der Waals surface area contributed by atoms with Gasteiger partial charge in [-0.2, -0.15) is 0 Å². The van der Waals surface area contributed by atoms with Crippen LogP contribution >= 0.6 is 11.6 Å². The second kappa shape index (κ2) is 5.35. The van der Waals surface area contributed by atoms with E-state index in [2.05, 4.69) is 0 Å². The molecule has 104 valence electrons. The molecule has 0 saturated carbocycles. The van der Waals surface area contributed by atoms with Gasteiger partial charge in [-0.15, -0.1) is 0 Å². The quantitative estimate of drug-likeness (QED) is 0.670. The van der Waals surface area contributed by atoms with Gasteiger partial charge >= 0.3 is 0 Å². The maximum absolute atomic E-state index is 11.1. The van der Waals surface area contributed by atoms with Crippen LogP contribution in [0.25, 0.3) is 0 Å². The Hall–Kier alpha value is -1.33. The summed E-state index contributed by atoms with van der Waals surface area (Å²) in [6.07, 6.45) is 2.13. The Kier molecular flexibility index (Phi) is 3.96. The van der Waals surface area contributed by atoms with Crippen LogP contribution < -0.4 is 4.90 Å². The summed E-state index contributed by atoms with van der Waals surface area (Å²) in [7, 11) is 0. The summed E-state index contributed by atoms with van der Waals surface area (Å²) >= 11 is 5.81. The van der Waals surface area contributed by atoms with Gasteiger partial charge in [0.1, 0.15) is 5.69 Å². The van der Waals surface area contributed by atoms with E-state index in [0.29, 0.717) is 36.6 Å². The molecule has 1 aliphatic heterocycles. The Balaban J connectivity index is 2.29. The molecule has 1 atom stereocenters. The number of benzene rings is 1. The third-order valence-electron chi connectivity index (χ3n) is 3.54. The lowest BCUT2D eigenvalue weighted by Crippen LogP contribution is -2.28. The maximum Gasteiger partial charge on any atom is 0.294 e. The lowest BCUT2D eigenvalue weighted by molar-refractivity contribution is -0.384. The molecule has 1 unspecified atom stereocenters. The first-order valence-electron chi connectivity index (χ1n) is 6.30. The minimum absolute atomic E-state index is 0.0223. The van der Waals surface area contributed by atoms with Gasteiger partial charge in [-0.05, 0) is 38.3 Å². The average molecular weight is 285 g/mol. The van der Waals surface area contributed by atoms with Crippen molar-refractivity contribution < 1.29 is 10.0 Å². The first-order valence-corrected chi connectivity index (χ1v) is 6.68. The first kappa shape index (κ1) is 14.1. The highest BCUT2D eigenvalue weighted by atomic mass is 35.5. The van der Waals surface area contributed by atoms with Gasteiger partial charge in [0.15, 0.2) is 0 Å². The molecule has 0 bridgehead atoms. The number of hydrogen-bond donors (Lipinski definition) is 1. The number of aliphatic hydroxyl groups is 1.